The van der Waals surface area contributed by atoms with Crippen LogP contribution in [0.25, 0.3) is 0 Å². The Hall–Kier alpha value is -1.21. The van der Waals surface area contributed by atoms with Crippen molar-refractivity contribution >= 4 is 25.6 Å². The highest BCUT2D eigenvalue weighted by molar-refractivity contribution is 8.13. The normalized spacial score (nSPS) is 16.8. The van der Waals surface area contributed by atoms with Crippen LogP contribution >= 0.6 is 10.7 Å². The van der Waals surface area contributed by atoms with Crippen LogP contribution in [0, 0.1) is 17.0 Å². The Bertz CT molecular complexity index is 672. The molecule has 1 aliphatic carbocycles. The Morgan fingerprint density at radius 3 is 2.45 bits per heavy atom. The summed E-state index contributed by atoms with van der Waals surface area (Å²) in [6.07, 6.45) is 1.92. The van der Waals surface area contributed by atoms with Crippen LogP contribution < -0.4 is 5.32 Å². The number of nitrogens with one attached hydrogen (secondary N) is 1. The molecule has 0 atom stereocenters. The second kappa shape index (κ2) is 4.96. The molecule has 2 rings (SSSR count). The monoisotopic (exact) mass is 323 g/mol. The highest BCUT2D eigenvalue weighted by atomic mass is 35.7. The van der Waals surface area contributed by atoms with E-state index in [-0.39, 0.29) is 5.41 Å². The van der Waals surface area contributed by atoms with Crippen LogP contribution in [0.5, 0.6) is 0 Å². The Balaban J connectivity index is 2.28. The number of hydrogen-bond donors (Lipinski definition) is 1. The third kappa shape index (κ3) is 3.27. The van der Waals surface area contributed by atoms with Gasteiger partial charge in [-0.05, 0) is 24.3 Å². The zero-order chi connectivity index (χ0) is 15.1. The highest BCUT2D eigenvalue weighted by Crippen LogP contribution is 2.44. The van der Waals surface area contributed by atoms with E-state index in [9.17, 15) is 22.0 Å². The summed E-state index contributed by atoms with van der Waals surface area (Å²) in [6.45, 7) is 2.31. The standard InChI is InChI=1S/C12H12ClF2NO3S/c1-12(2-3-12)6-16-11(17)7-4-10(20(13,18)19)9(15)5-8(7)14/h4-5H,2-3,6H2,1H3,(H,16,17). The van der Waals surface area contributed by atoms with Crippen molar-refractivity contribution in [2.24, 2.45) is 5.41 Å². The molecular formula is C12H12ClF2NO3S. The third-order valence-corrected chi connectivity index (χ3v) is 4.65. The van der Waals surface area contributed by atoms with Crippen LogP contribution in [0.2, 0.25) is 0 Å². The Morgan fingerprint density at radius 1 is 1.35 bits per heavy atom. The first-order valence-electron chi connectivity index (χ1n) is 5.84. The van der Waals surface area contributed by atoms with Gasteiger partial charge in [-0.15, -0.1) is 0 Å². The second-order valence-electron chi connectivity index (χ2n) is 5.19. The van der Waals surface area contributed by atoms with Crippen molar-refractivity contribution in [2.45, 2.75) is 24.7 Å². The third-order valence-electron chi connectivity index (χ3n) is 3.31. The zero-order valence-corrected chi connectivity index (χ0v) is 12.1. The van der Waals surface area contributed by atoms with Gasteiger partial charge in [-0.2, -0.15) is 0 Å². The molecule has 1 N–H and O–H groups in total. The number of carbonyl (C=O) groups excluding carboxylic acids is 1. The van der Waals surface area contributed by atoms with Gasteiger partial charge in [0.25, 0.3) is 15.0 Å². The number of amides is 1. The maximum Gasteiger partial charge on any atom is 0.264 e. The summed E-state index contributed by atoms with van der Waals surface area (Å²) in [4.78, 5) is 10.9. The highest BCUT2D eigenvalue weighted by Gasteiger charge is 2.37. The average molecular weight is 324 g/mol. The van der Waals surface area contributed by atoms with Crippen molar-refractivity contribution in [1.29, 1.82) is 0 Å². The molecule has 0 radical (unpaired) electrons. The predicted molar refractivity (Wildman–Crippen MR) is 69.1 cm³/mol. The van der Waals surface area contributed by atoms with Gasteiger partial charge in [-0.25, -0.2) is 17.2 Å². The van der Waals surface area contributed by atoms with Gasteiger partial charge in [0.05, 0.1) is 5.56 Å². The molecule has 1 aliphatic rings. The Morgan fingerprint density at radius 2 is 1.95 bits per heavy atom. The summed E-state index contributed by atoms with van der Waals surface area (Å²) in [5.74, 6) is -3.26. The van der Waals surface area contributed by atoms with Gasteiger partial charge in [-0.1, -0.05) is 6.92 Å². The minimum atomic E-state index is -4.39. The fourth-order valence-electron chi connectivity index (χ4n) is 1.67. The first-order valence-corrected chi connectivity index (χ1v) is 8.15. The van der Waals surface area contributed by atoms with Crippen LogP contribution in [0.1, 0.15) is 30.1 Å². The van der Waals surface area contributed by atoms with Gasteiger partial charge in [-0.3, -0.25) is 4.79 Å². The van der Waals surface area contributed by atoms with Crippen LogP contribution in [0.3, 0.4) is 0 Å². The predicted octanol–water partition coefficient (Wildman–Crippen LogP) is 2.42. The molecule has 110 valence electrons. The van der Waals surface area contributed by atoms with Gasteiger partial charge in [0.15, 0.2) is 0 Å². The Kier molecular flexibility index (Phi) is 3.77. The molecule has 1 saturated carbocycles. The van der Waals surface area contributed by atoms with Crippen molar-refractivity contribution in [3.05, 3.63) is 29.3 Å². The van der Waals surface area contributed by atoms with E-state index < -0.39 is 37.1 Å². The molecule has 4 nitrogen and oxygen atoms in total. The molecule has 1 amide bonds. The van der Waals surface area contributed by atoms with Crippen LogP contribution in [0.4, 0.5) is 8.78 Å². The van der Waals surface area contributed by atoms with Crippen molar-refractivity contribution < 1.29 is 22.0 Å². The summed E-state index contributed by atoms with van der Waals surface area (Å²) in [7, 11) is 0.644. The molecule has 0 heterocycles. The molecule has 20 heavy (non-hydrogen) atoms. The van der Waals surface area contributed by atoms with Gasteiger partial charge in [0, 0.05) is 23.3 Å². The summed E-state index contributed by atoms with van der Waals surface area (Å²) in [5, 5.41) is 2.50. The molecule has 0 saturated heterocycles. The number of benzene rings is 1. The maximum atomic E-state index is 13.6. The van der Waals surface area contributed by atoms with Gasteiger partial charge >= 0.3 is 0 Å². The minimum Gasteiger partial charge on any atom is -0.351 e. The second-order valence-corrected chi connectivity index (χ2v) is 7.73. The molecule has 8 heteroatoms. The molecule has 0 aromatic heterocycles. The summed E-state index contributed by atoms with van der Waals surface area (Å²) in [6, 6.07) is 0.945. The van der Waals surface area contributed by atoms with E-state index in [0.29, 0.717) is 18.7 Å². The van der Waals surface area contributed by atoms with Crippen molar-refractivity contribution in [3.8, 4) is 0 Å². The van der Waals surface area contributed by atoms with E-state index in [1.807, 2.05) is 6.92 Å². The van der Waals surface area contributed by atoms with E-state index >= 15 is 0 Å². The van der Waals surface area contributed by atoms with Crippen molar-refractivity contribution in [3.63, 3.8) is 0 Å². The van der Waals surface area contributed by atoms with Gasteiger partial charge in [0.2, 0.25) is 0 Å². The molecular weight excluding hydrogens is 312 g/mol. The lowest BCUT2D eigenvalue weighted by Crippen LogP contribution is -2.29. The number of hydrogen-bond acceptors (Lipinski definition) is 3. The molecule has 1 fully saturated rings. The van der Waals surface area contributed by atoms with Gasteiger partial charge in [0.1, 0.15) is 16.5 Å². The van der Waals surface area contributed by atoms with E-state index in [2.05, 4.69) is 5.32 Å². The lowest BCUT2D eigenvalue weighted by molar-refractivity contribution is 0.0941. The van der Waals surface area contributed by atoms with Crippen LogP contribution in [0.15, 0.2) is 17.0 Å². The number of rotatable bonds is 4. The molecule has 1 aromatic carbocycles. The number of halogens is 3. The van der Waals surface area contributed by atoms with Crippen molar-refractivity contribution in [1.82, 2.24) is 5.32 Å². The fourth-order valence-corrected chi connectivity index (χ4v) is 2.57. The molecule has 0 bridgehead atoms. The summed E-state index contributed by atoms with van der Waals surface area (Å²) >= 11 is 0. The first kappa shape index (κ1) is 15.2. The van der Waals surface area contributed by atoms with Crippen LogP contribution in [-0.4, -0.2) is 20.9 Å². The fraction of sp³-hybridized carbons (Fsp3) is 0.417. The smallest absolute Gasteiger partial charge is 0.264 e. The zero-order valence-electron chi connectivity index (χ0n) is 10.5. The van der Waals surface area contributed by atoms with E-state index in [1.54, 1.807) is 0 Å². The maximum absolute atomic E-state index is 13.6. The van der Waals surface area contributed by atoms with E-state index in [1.165, 1.54) is 0 Å². The molecule has 1 aromatic rings. The van der Waals surface area contributed by atoms with Crippen molar-refractivity contribution in [2.75, 3.05) is 6.54 Å². The van der Waals surface area contributed by atoms with Crippen LogP contribution in [-0.2, 0) is 9.05 Å². The average Bonchev–Trinajstić information content (AvgIpc) is 3.03. The first-order chi connectivity index (χ1) is 9.12. The quantitative estimate of drug-likeness (QED) is 0.866. The van der Waals surface area contributed by atoms with E-state index in [4.69, 9.17) is 10.7 Å². The van der Waals surface area contributed by atoms with Gasteiger partial charge < -0.3 is 5.32 Å². The summed E-state index contributed by atoms with van der Waals surface area (Å²) in [5.41, 5.74) is -0.539. The Labute approximate surface area is 119 Å². The SMILES string of the molecule is CC1(CNC(=O)c2cc(S(=O)(=O)Cl)c(F)cc2F)CC1. The van der Waals surface area contributed by atoms with E-state index in [0.717, 1.165) is 12.8 Å². The molecule has 0 aliphatic heterocycles. The topological polar surface area (TPSA) is 63.2 Å². The molecule has 0 spiro atoms. The lowest BCUT2D eigenvalue weighted by Gasteiger charge is -2.11. The summed E-state index contributed by atoms with van der Waals surface area (Å²) < 4.78 is 49.2. The lowest BCUT2D eigenvalue weighted by atomic mass is 10.1. The molecule has 0 unspecified atom stereocenters. The minimum absolute atomic E-state index is 0.00750. The largest absolute Gasteiger partial charge is 0.351 e. The number of carbonyl (C=O) groups is 1.